The average Bonchev–Trinajstić information content (AvgIpc) is 3.04. The van der Waals surface area contributed by atoms with Gasteiger partial charge in [-0.05, 0) is 23.1 Å². The Morgan fingerprint density at radius 2 is 1.48 bits per heavy atom. The van der Waals surface area contributed by atoms with E-state index in [0.29, 0.717) is 0 Å². The molecule has 0 N–H and O–H groups in total. The molecule has 0 bridgehead atoms. The molecule has 2 aromatic heterocycles. The molecule has 112 valence electrons. The van der Waals surface area contributed by atoms with Crippen LogP contribution in [0.2, 0.25) is 0 Å². The average molecular weight is 318 g/mol. The van der Waals surface area contributed by atoms with E-state index in [1.165, 1.54) is 11.1 Å². The topological polar surface area (TPSA) is 43.6 Å². The minimum Gasteiger partial charge on any atom is -0.255 e. The molecule has 4 nitrogen and oxygen atoms in total. The fourth-order valence-electron chi connectivity index (χ4n) is 2.51. The normalized spacial score (nSPS) is 11.2. The summed E-state index contributed by atoms with van der Waals surface area (Å²) in [4.78, 5) is 12.8. The Labute approximate surface area is 138 Å². The van der Waals surface area contributed by atoms with Crippen LogP contribution >= 0.6 is 11.9 Å². The third kappa shape index (κ3) is 2.83. The second-order valence-electron chi connectivity index (χ2n) is 5.11. The van der Waals surface area contributed by atoms with E-state index in [2.05, 4.69) is 63.5 Å². The second-order valence-corrected chi connectivity index (χ2v) is 6.18. The maximum Gasteiger partial charge on any atom is 0.173 e. The Kier molecular flexibility index (Phi) is 3.78. The first-order valence-corrected chi connectivity index (χ1v) is 8.15. The SMILES string of the molecule is c1ccc(C(Sn2cnc3cncnc32)c2ccccc2)cc1. The molecular weight excluding hydrogens is 304 g/mol. The van der Waals surface area contributed by atoms with Gasteiger partial charge in [0.05, 0.1) is 11.4 Å². The number of hydrogen-bond donors (Lipinski definition) is 0. The van der Waals surface area contributed by atoms with Crippen molar-refractivity contribution >= 4 is 23.1 Å². The van der Waals surface area contributed by atoms with Gasteiger partial charge in [-0.1, -0.05) is 60.7 Å². The fraction of sp³-hybridized carbons (Fsp3) is 0.0556. The number of aromatic nitrogens is 4. The van der Waals surface area contributed by atoms with Crippen LogP contribution in [0.3, 0.4) is 0 Å². The van der Waals surface area contributed by atoms with Crippen LogP contribution in [-0.2, 0) is 0 Å². The van der Waals surface area contributed by atoms with E-state index >= 15 is 0 Å². The highest BCUT2D eigenvalue weighted by Gasteiger charge is 2.17. The lowest BCUT2D eigenvalue weighted by Gasteiger charge is -2.17. The lowest BCUT2D eigenvalue weighted by molar-refractivity contribution is 1.11. The number of hydrogen-bond acceptors (Lipinski definition) is 4. The number of fused-ring (bicyclic) bond motifs is 1. The van der Waals surface area contributed by atoms with Crippen molar-refractivity contribution < 1.29 is 0 Å². The molecule has 4 rings (SSSR count). The van der Waals surface area contributed by atoms with Crippen LogP contribution in [0.15, 0.2) is 79.5 Å². The number of nitrogens with zero attached hydrogens (tertiary/aromatic N) is 4. The van der Waals surface area contributed by atoms with Crippen molar-refractivity contribution in [2.24, 2.45) is 0 Å². The van der Waals surface area contributed by atoms with E-state index in [-0.39, 0.29) is 5.25 Å². The van der Waals surface area contributed by atoms with Crippen LogP contribution in [0.1, 0.15) is 16.4 Å². The van der Waals surface area contributed by atoms with Crippen LogP contribution in [-0.4, -0.2) is 18.9 Å². The Morgan fingerprint density at radius 3 is 2.13 bits per heavy atom. The molecule has 0 aliphatic rings. The van der Waals surface area contributed by atoms with Gasteiger partial charge in [0, 0.05) is 0 Å². The van der Waals surface area contributed by atoms with E-state index in [4.69, 9.17) is 0 Å². The zero-order chi connectivity index (χ0) is 15.5. The Hall–Kier alpha value is -2.66. The van der Waals surface area contributed by atoms with E-state index in [1.54, 1.807) is 24.5 Å². The lowest BCUT2D eigenvalue weighted by Crippen LogP contribution is -2.00. The van der Waals surface area contributed by atoms with Gasteiger partial charge in [-0.2, -0.15) is 0 Å². The van der Waals surface area contributed by atoms with Gasteiger partial charge in [0.25, 0.3) is 0 Å². The monoisotopic (exact) mass is 318 g/mol. The van der Waals surface area contributed by atoms with Crippen molar-refractivity contribution in [1.82, 2.24) is 18.9 Å². The van der Waals surface area contributed by atoms with Gasteiger partial charge < -0.3 is 0 Å². The first-order chi connectivity index (χ1) is 11.4. The van der Waals surface area contributed by atoms with E-state index in [1.807, 2.05) is 22.4 Å². The molecular formula is C18H14N4S. The van der Waals surface area contributed by atoms with Crippen LogP contribution in [0.5, 0.6) is 0 Å². The van der Waals surface area contributed by atoms with Gasteiger partial charge >= 0.3 is 0 Å². The molecule has 0 saturated carbocycles. The summed E-state index contributed by atoms with van der Waals surface area (Å²) < 4.78 is 2.02. The van der Waals surface area contributed by atoms with Crippen molar-refractivity contribution in [2.75, 3.05) is 0 Å². The molecule has 0 radical (unpaired) electrons. The van der Waals surface area contributed by atoms with Gasteiger partial charge in [-0.25, -0.2) is 15.0 Å². The molecule has 2 heterocycles. The third-order valence-electron chi connectivity index (χ3n) is 3.61. The Bertz CT molecular complexity index is 866. The summed E-state index contributed by atoms with van der Waals surface area (Å²) >= 11 is 1.69. The summed E-state index contributed by atoms with van der Waals surface area (Å²) in [5.41, 5.74) is 4.14. The molecule has 0 fully saturated rings. The molecule has 0 aliphatic carbocycles. The summed E-state index contributed by atoms with van der Waals surface area (Å²) in [7, 11) is 0. The molecule has 0 unspecified atom stereocenters. The highest BCUT2D eigenvalue weighted by atomic mass is 32.2. The van der Waals surface area contributed by atoms with Gasteiger partial charge in [0.2, 0.25) is 0 Å². The van der Waals surface area contributed by atoms with Gasteiger partial charge in [-0.15, -0.1) is 0 Å². The molecule has 0 aliphatic heterocycles. The summed E-state index contributed by atoms with van der Waals surface area (Å²) in [5.74, 6) is 0. The molecule has 0 atom stereocenters. The van der Waals surface area contributed by atoms with Crippen molar-refractivity contribution in [2.45, 2.75) is 5.25 Å². The minimum absolute atomic E-state index is 0.171. The smallest absolute Gasteiger partial charge is 0.173 e. The standard InChI is InChI=1S/C18H14N4S/c1-3-7-14(8-4-1)17(15-9-5-2-6-10-15)23-22-13-21-16-11-19-12-20-18(16)22/h1-13,17H. The predicted octanol–water partition coefficient (Wildman–Crippen LogP) is 4.11. The Balaban J connectivity index is 1.77. The number of benzene rings is 2. The molecule has 23 heavy (non-hydrogen) atoms. The van der Waals surface area contributed by atoms with Gasteiger partial charge in [0.1, 0.15) is 18.2 Å². The Morgan fingerprint density at radius 1 is 0.826 bits per heavy atom. The second kappa shape index (κ2) is 6.22. The van der Waals surface area contributed by atoms with Crippen LogP contribution in [0.25, 0.3) is 11.2 Å². The summed E-state index contributed by atoms with van der Waals surface area (Å²) in [6.45, 7) is 0. The van der Waals surface area contributed by atoms with Crippen LogP contribution < -0.4 is 0 Å². The summed E-state index contributed by atoms with van der Waals surface area (Å²) in [5, 5.41) is 0.171. The highest BCUT2D eigenvalue weighted by Crippen LogP contribution is 2.37. The van der Waals surface area contributed by atoms with Gasteiger partial charge in [-0.3, -0.25) is 3.97 Å². The lowest BCUT2D eigenvalue weighted by atomic mass is 10.0. The van der Waals surface area contributed by atoms with Crippen molar-refractivity contribution in [3.63, 3.8) is 0 Å². The largest absolute Gasteiger partial charge is 0.255 e. The molecule has 0 spiro atoms. The quantitative estimate of drug-likeness (QED) is 0.568. The maximum atomic E-state index is 4.38. The third-order valence-corrected chi connectivity index (χ3v) is 4.86. The maximum absolute atomic E-state index is 4.38. The van der Waals surface area contributed by atoms with Crippen molar-refractivity contribution in [1.29, 1.82) is 0 Å². The number of rotatable bonds is 4. The molecule has 0 amide bonds. The first kappa shape index (κ1) is 14.0. The zero-order valence-corrected chi connectivity index (χ0v) is 13.1. The minimum atomic E-state index is 0.171. The summed E-state index contributed by atoms with van der Waals surface area (Å²) in [6.07, 6.45) is 5.10. The molecule has 5 heteroatoms. The first-order valence-electron chi connectivity index (χ1n) is 7.32. The van der Waals surface area contributed by atoms with Gasteiger partial charge in [0.15, 0.2) is 5.65 Å². The van der Waals surface area contributed by atoms with Crippen LogP contribution in [0.4, 0.5) is 0 Å². The molecule has 0 saturated heterocycles. The van der Waals surface area contributed by atoms with E-state index in [9.17, 15) is 0 Å². The summed E-state index contributed by atoms with van der Waals surface area (Å²) in [6, 6.07) is 21.0. The molecule has 2 aromatic carbocycles. The van der Waals surface area contributed by atoms with E-state index in [0.717, 1.165) is 11.2 Å². The van der Waals surface area contributed by atoms with Crippen molar-refractivity contribution in [3.05, 3.63) is 90.6 Å². The van der Waals surface area contributed by atoms with Crippen LogP contribution in [0, 0.1) is 0 Å². The fourth-order valence-corrected chi connectivity index (χ4v) is 3.63. The predicted molar refractivity (Wildman–Crippen MR) is 93.0 cm³/mol. The highest BCUT2D eigenvalue weighted by molar-refractivity contribution is 7.98. The zero-order valence-electron chi connectivity index (χ0n) is 12.3. The van der Waals surface area contributed by atoms with Crippen molar-refractivity contribution in [3.8, 4) is 0 Å². The molecule has 4 aromatic rings. The number of imidazole rings is 1. The van der Waals surface area contributed by atoms with E-state index < -0.39 is 0 Å².